The van der Waals surface area contributed by atoms with Gasteiger partial charge in [0, 0.05) is 51.4 Å². The topological polar surface area (TPSA) is 61.6 Å². The molecule has 1 aromatic heterocycles. The smallest absolute Gasteiger partial charge is 0.194 e. The van der Waals surface area contributed by atoms with Crippen molar-refractivity contribution in [3.05, 3.63) is 78.4 Å². The Morgan fingerprint density at radius 3 is 2.39 bits per heavy atom. The molecule has 1 saturated heterocycles. The molecule has 1 fully saturated rings. The fraction of sp³-hybridized carbons (Fsp3) is 0.375. The summed E-state index contributed by atoms with van der Waals surface area (Å²) in [6.07, 6.45) is 2.69. The summed E-state index contributed by atoms with van der Waals surface area (Å²) < 4.78 is 2.11. The third-order valence-electron chi connectivity index (χ3n) is 5.60. The van der Waals surface area contributed by atoms with Crippen molar-refractivity contribution in [3.63, 3.8) is 0 Å². The van der Waals surface area contributed by atoms with Crippen molar-refractivity contribution in [2.24, 2.45) is 4.99 Å². The van der Waals surface area contributed by atoms with E-state index in [0.717, 1.165) is 57.5 Å². The van der Waals surface area contributed by atoms with Gasteiger partial charge in [0.2, 0.25) is 0 Å². The van der Waals surface area contributed by atoms with Crippen molar-refractivity contribution in [1.29, 1.82) is 0 Å². The van der Waals surface area contributed by atoms with Gasteiger partial charge in [-0.2, -0.15) is 0 Å². The second-order valence-electron chi connectivity index (χ2n) is 7.66. The molecule has 7 nitrogen and oxygen atoms in total. The molecule has 31 heavy (non-hydrogen) atoms. The van der Waals surface area contributed by atoms with Gasteiger partial charge in [0.05, 0.1) is 6.54 Å². The van der Waals surface area contributed by atoms with Crippen LogP contribution in [0.1, 0.15) is 18.3 Å². The van der Waals surface area contributed by atoms with Gasteiger partial charge in [-0.3, -0.25) is 0 Å². The zero-order chi connectivity index (χ0) is 21.3. The molecule has 0 atom stereocenters. The van der Waals surface area contributed by atoms with Gasteiger partial charge in [-0.25, -0.2) is 4.99 Å². The number of para-hydroxylation sites is 1. The lowest BCUT2D eigenvalue weighted by Crippen LogP contribution is -2.53. The number of hydrogen-bond acceptors (Lipinski definition) is 4. The molecule has 0 aliphatic carbocycles. The number of aliphatic imine (C=N–C) groups is 1. The molecule has 1 aliphatic rings. The molecule has 4 rings (SSSR count). The van der Waals surface area contributed by atoms with Crippen LogP contribution in [0.15, 0.2) is 72.0 Å². The lowest BCUT2D eigenvalue weighted by Gasteiger charge is -2.37. The van der Waals surface area contributed by atoms with Crippen molar-refractivity contribution in [1.82, 2.24) is 25.0 Å². The first-order valence-corrected chi connectivity index (χ1v) is 11.1. The highest BCUT2D eigenvalue weighted by Crippen LogP contribution is 2.15. The predicted octanol–water partition coefficient (Wildman–Crippen LogP) is 2.81. The summed E-state index contributed by atoms with van der Waals surface area (Å²) in [5.74, 6) is 1.99. The molecule has 1 N–H and O–H groups in total. The Kier molecular flexibility index (Phi) is 7.16. The molecule has 0 radical (unpaired) electrons. The number of aromatic nitrogens is 3. The minimum atomic E-state index is 0.676. The normalized spacial score (nSPS) is 14.7. The van der Waals surface area contributed by atoms with E-state index in [1.807, 2.05) is 6.07 Å². The molecule has 2 aromatic carbocycles. The molecule has 7 heteroatoms. The van der Waals surface area contributed by atoms with Gasteiger partial charge in [0.25, 0.3) is 0 Å². The highest BCUT2D eigenvalue weighted by molar-refractivity contribution is 5.80. The molecule has 0 amide bonds. The van der Waals surface area contributed by atoms with E-state index in [2.05, 4.69) is 91.4 Å². The van der Waals surface area contributed by atoms with Crippen molar-refractivity contribution in [2.75, 3.05) is 37.6 Å². The van der Waals surface area contributed by atoms with Gasteiger partial charge in [-0.15, -0.1) is 10.2 Å². The number of guanidine groups is 1. The van der Waals surface area contributed by atoms with Crippen molar-refractivity contribution in [3.8, 4) is 0 Å². The van der Waals surface area contributed by atoms with Crippen LogP contribution < -0.4 is 10.2 Å². The SMILES string of the molecule is CCc1nncn1CCNC(=NCc1ccccc1)N1CCN(c2ccccc2)CC1. The molecule has 0 bridgehead atoms. The van der Waals surface area contributed by atoms with E-state index in [1.165, 1.54) is 11.3 Å². The maximum absolute atomic E-state index is 4.95. The zero-order valence-electron chi connectivity index (χ0n) is 18.2. The summed E-state index contributed by atoms with van der Waals surface area (Å²) in [4.78, 5) is 9.76. The average molecular weight is 418 g/mol. The van der Waals surface area contributed by atoms with Crippen molar-refractivity contribution >= 4 is 11.6 Å². The third-order valence-corrected chi connectivity index (χ3v) is 5.60. The third kappa shape index (κ3) is 5.63. The molecule has 162 valence electrons. The number of nitrogens with zero attached hydrogens (tertiary/aromatic N) is 6. The van der Waals surface area contributed by atoms with E-state index in [0.29, 0.717) is 6.54 Å². The van der Waals surface area contributed by atoms with E-state index in [4.69, 9.17) is 4.99 Å². The first-order valence-electron chi connectivity index (χ1n) is 11.1. The standard InChI is InChI=1S/C24H31N7/c1-2-23-28-27-20-31(23)14-13-25-24(26-19-21-9-5-3-6-10-21)30-17-15-29(16-18-30)22-11-7-4-8-12-22/h3-12,20H,2,13-19H2,1H3,(H,25,26). The molecular formula is C24H31N7. The maximum atomic E-state index is 4.95. The number of benzene rings is 2. The summed E-state index contributed by atoms with van der Waals surface area (Å²) in [5, 5.41) is 11.8. The number of piperazine rings is 1. The highest BCUT2D eigenvalue weighted by atomic mass is 15.4. The lowest BCUT2D eigenvalue weighted by molar-refractivity contribution is 0.370. The van der Waals surface area contributed by atoms with E-state index < -0.39 is 0 Å². The lowest BCUT2D eigenvalue weighted by atomic mass is 10.2. The van der Waals surface area contributed by atoms with Crippen LogP contribution in [0.2, 0.25) is 0 Å². The van der Waals surface area contributed by atoms with Crippen LogP contribution in [-0.4, -0.2) is 58.3 Å². The Bertz CT molecular complexity index is 944. The summed E-state index contributed by atoms with van der Waals surface area (Å²) in [6.45, 7) is 8.26. The number of hydrogen-bond donors (Lipinski definition) is 1. The maximum Gasteiger partial charge on any atom is 0.194 e. The van der Waals surface area contributed by atoms with Crippen LogP contribution in [0.3, 0.4) is 0 Å². The largest absolute Gasteiger partial charge is 0.368 e. The van der Waals surface area contributed by atoms with Crippen LogP contribution in [0, 0.1) is 0 Å². The fourth-order valence-corrected chi connectivity index (χ4v) is 3.86. The Labute approximate surface area is 184 Å². The minimum absolute atomic E-state index is 0.676. The monoisotopic (exact) mass is 417 g/mol. The fourth-order valence-electron chi connectivity index (χ4n) is 3.86. The van der Waals surface area contributed by atoms with Crippen LogP contribution in [0.25, 0.3) is 0 Å². The van der Waals surface area contributed by atoms with E-state index >= 15 is 0 Å². The highest BCUT2D eigenvalue weighted by Gasteiger charge is 2.20. The Morgan fingerprint density at radius 1 is 0.968 bits per heavy atom. The molecular weight excluding hydrogens is 386 g/mol. The van der Waals surface area contributed by atoms with Gasteiger partial charge in [0.15, 0.2) is 5.96 Å². The number of aryl methyl sites for hydroxylation is 1. The first-order chi connectivity index (χ1) is 15.3. The van der Waals surface area contributed by atoms with Crippen LogP contribution in [0.4, 0.5) is 5.69 Å². The number of rotatable bonds is 7. The van der Waals surface area contributed by atoms with Crippen molar-refractivity contribution < 1.29 is 0 Å². The summed E-state index contributed by atoms with van der Waals surface area (Å²) in [5.41, 5.74) is 2.51. The Morgan fingerprint density at radius 2 is 1.68 bits per heavy atom. The van der Waals surface area contributed by atoms with Crippen LogP contribution in [0.5, 0.6) is 0 Å². The Hall–Kier alpha value is -3.35. The van der Waals surface area contributed by atoms with E-state index in [9.17, 15) is 0 Å². The van der Waals surface area contributed by atoms with Gasteiger partial charge in [-0.1, -0.05) is 55.5 Å². The molecule has 2 heterocycles. The number of anilines is 1. The summed E-state index contributed by atoms with van der Waals surface area (Å²) >= 11 is 0. The minimum Gasteiger partial charge on any atom is -0.368 e. The van der Waals surface area contributed by atoms with Crippen LogP contribution >= 0.6 is 0 Å². The molecule has 0 saturated carbocycles. The summed E-state index contributed by atoms with van der Waals surface area (Å²) in [6, 6.07) is 21.1. The van der Waals surface area contributed by atoms with Gasteiger partial charge in [-0.05, 0) is 17.7 Å². The predicted molar refractivity (Wildman–Crippen MR) is 125 cm³/mol. The quantitative estimate of drug-likeness (QED) is 0.473. The van der Waals surface area contributed by atoms with Crippen LogP contribution in [-0.2, 0) is 19.5 Å². The molecule has 0 unspecified atom stereocenters. The second-order valence-corrected chi connectivity index (χ2v) is 7.66. The zero-order valence-corrected chi connectivity index (χ0v) is 18.2. The van der Waals surface area contributed by atoms with Gasteiger partial charge >= 0.3 is 0 Å². The molecule has 3 aromatic rings. The van der Waals surface area contributed by atoms with Gasteiger partial charge in [0.1, 0.15) is 12.2 Å². The van der Waals surface area contributed by atoms with E-state index in [-0.39, 0.29) is 0 Å². The average Bonchev–Trinajstić information content (AvgIpc) is 3.30. The first kappa shape index (κ1) is 20.9. The van der Waals surface area contributed by atoms with Crippen molar-refractivity contribution in [2.45, 2.75) is 26.4 Å². The van der Waals surface area contributed by atoms with Gasteiger partial charge < -0.3 is 19.7 Å². The molecule has 0 spiro atoms. The summed E-state index contributed by atoms with van der Waals surface area (Å²) in [7, 11) is 0. The van der Waals surface area contributed by atoms with E-state index in [1.54, 1.807) is 6.33 Å². The number of nitrogens with one attached hydrogen (secondary N) is 1. The Balaban J connectivity index is 1.39. The second kappa shape index (κ2) is 10.6. The molecule has 1 aliphatic heterocycles.